The minimum atomic E-state index is -0.970. The predicted molar refractivity (Wildman–Crippen MR) is 155 cm³/mol. The third-order valence-corrected chi connectivity index (χ3v) is 9.71. The molecule has 0 bridgehead atoms. The molecule has 2 aromatic carbocycles. The van der Waals surface area contributed by atoms with Crippen LogP contribution in [0.4, 0.5) is 5.69 Å². The third kappa shape index (κ3) is 4.13. The maximum Gasteiger partial charge on any atom is 0.357 e. The summed E-state index contributed by atoms with van der Waals surface area (Å²) in [5, 5.41) is 20.4. The van der Waals surface area contributed by atoms with Crippen LogP contribution in [0.3, 0.4) is 0 Å². The largest absolute Gasteiger partial charge is 0.476 e. The molecule has 3 heterocycles. The molecule has 2 aromatic heterocycles. The minimum Gasteiger partial charge on any atom is -0.476 e. The zero-order valence-corrected chi connectivity index (χ0v) is 23.3. The fraction of sp³-hybridized carbons (Fsp3) is 0.387. The molecule has 4 fully saturated rings. The molecule has 0 radical (unpaired) electrons. The van der Waals surface area contributed by atoms with Crippen molar-refractivity contribution in [2.75, 3.05) is 18.0 Å². The number of hydrogen-bond donors (Lipinski definition) is 1. The molecule has 3 saturated carbocycles. The van der Waals surface area contributed by atoms with Crippen molar-refractivity contribution in [2.24, 2.45) is 23.7 Å². The summed E-state index contributed by atoms with van der Waals surface area (Å²) in [4.78, 5) is 14.2. The smallest absolute Gasteiger partial charge is 0.357 e. The second-order valence-corrected chi connectivity index (χ2v) is 12.6. The van der Waals surface area contributed by atoms with Crippen LogP contribution in [0, 0.1) is 23.7 Å². The van der Waals surface area contributed by atoms with Crippen LogP contribution in [0.5, 0.6) is 0 Å². The SMILES string of the molecule is O=C(O)c1nn(CC2CC2)c2cc(N3CC4C(C=Cc5c(-c6c(Cl)cccc6Cl)noc5C5CC5)C4C3)ccc12. The number of hydrogen-bond acceptors (Lipinski definition) is 5. The van der Waals surface area contributed by atoms with Crippen LogP contribution in [0.1, 0.15) is 53.4 Å². The molecule has 0 amide bonds. The Labute approximate surface area is 241 Å². The lowest BCUT2D eigenvalue weighted by Gasteiger charge is -2.22. The molecule has 1 saturated heterocycles. The standard InChI is InChI=1S/C31H28Cl2N4O3/c32-24-2-1-3-25(33)27(24)28-21(30(40-35-28)17-6-7-17)11-10-19-22-14-36(15-23(19)22)18-8-9-20-26(12-18)37(13-16-4-5-16)34-29(20)31(38)39/h1-3,8-12,16-17,19,22-23H,4-7,13-15H2,(H,38,39). The van der Waals surface area contributed by atoms with Crippen molar-refractivity contribution in [1.29, 1.82) is 0 Å². The molecule has 4 aromatic rings. The van der Waals surface area contributed by atoms with E-state index >= 15 is 0 Å². The Balaban J connectivity index is 1.02. The lowest BCUT2D eigenvalue weighted by Crippen LogP contribution is -2.23. The second-order valence-electron chi connectivity index (χ2n) is 11.8. The number of halogens is 2. The summed E-state index contributed by atoms with van der Waals surface area (Å²) >= 11 is 13.1. The van der Waals surface area contributed by atoms with Gasteiger partial charge in [0.25, 0.3) is 0 Å². The predicted octanol–water partition coefficient (Wildman–Crippen LogP) is 7.38. The number of carbonyl (C=O) groups is 1. The van der Waals surface area contributed by atoms with Gasteiger partial charge in [-0.1, -0.05) is 46.6 Å². The number of aromatic carboxylic acids is 1. The number of benzene rings is 2. The molecule has 2 unspecified atom stereocenters. The molecule has 1 N–H and O–H groups in total. The molecule has 1 aliphatic heterocycles. The number of allylic oxidation sites excluding steroid dienone is 1. The van der Waals surface area contributed by atoms with Crippen molar-refractivity contribution in [3.05, 3.63) is 69.5 Å². The first-order valence-electron chi connectivity index (χ1n) is 14.1. The van der Waals surface area contributed by atoms with Crippen LogP contribution < -0.4 is 4.90 Å². The summed E-state index contributed by atoms with van der Waals surface area (Å²) in [6.07, 6.45) is 9.13. The third-order valence-electron chi connectivity index (χ3n) is 9.08. The summed E-state index contributed by atoms with van der Waals surface area (Å²) in [6, 6.07) is 11.6. The average molecular weight is 575 g/mol. The average Bonchev–Trinajstić information content (AvgIpc) is 3.90. The van der Waals surface area contributed by atoms with Gasteiger partial charge < -0.3 is 14.5 Å². The normalized spacial score (nSPS) is 23.9. The van der Waals surface area contributed by atoms with Crippen molar-refractivity contribution >= 4 is 51.8 Å². The van der Waals surface area contributed by atoms with Crippen LogP contribution in [0.25, 0.3) is 28.2 Å². The van der Waals surface area contributed by atoms with Crippen LogP contribution in [-0.4, -0.2) is 39.1 Å². The monoisotopic (exact) mass is 574 g/mol. The van der Waals surface area contributed by atoms with E-state index in [2.05, 4.69) is 33.4 Å². The van der Waals surface area contributed by atoms with E-state index in [4.69, 9.17) is 27.7 Å². The van der Waals surface area contributed by atoms with Gasteiger partial charge in [0.15, 0.2) is 5.69 Å². The van der Waals surface area contributed by atoms with Gasteiger partial charge in [0, 0.05) is 47.8 Å². The van der Waals surface area contributed by atoms with Crippen molar-refractivity contribution in [1.82, 2.24) is 14.9 Å². The van der Waals surface area contributed by atoms with E-state index in [0.717, 1.165) is 71.6 Å². The Morgan fingerprint density at radius 3 is 2.50 bits per heavy atom. The van der Waals surface area contributed by atoms with E-state index in [-0.39, 0.29) is 5.69 Å². The Kier molecular flexibility index (Phi) is 5.58. The molecule has 204 valence electrons. The minimum absolute atomic E-state index is 0.147. The number of aromatic nitrogens is 3. The first-order chi connectivity index (χ1) is 19.5. The van der Waals surface area contributed by atoms with Gasteiger partial charge in [-0.2, -0.15) is 5.10 Å². The van der Waals surface area contributed by atoms with E-state index < -0.39 is 5.97 Å². The molecular weight excluding hydrogens is 547 g/mol. The molecule has 0 spiro atoms. The van der Waals surface area contributed by atoms with Gasteiger partial charge in [0.1, 0.15) is 11.5 Å². The summed E-state index contributed by atoms with van der Waals surface area (Å²) in [5.41, 5.74) is 4.66. The number of carboxylic acid groups (broad SMARTS) is 1. The Morgan fingerprint density at radius 1 is 1.07 bits per heavy atom. The van der Waals surface area contributed by atoms with E-state index in [1.165, 1.54) is 12.8 Å². The highest BCUT2D eigenvalue weighted by Crippen LogP contribution is 2.54. The highest BCUT2D eigenvalue weighted by molar-refractivity contribution is 6.39. The summed E-state index contributed by atoms with van der Waals surface area (Å²) in [5.74, 6) is 2.69. The Hall–Kier alpha value is -3.29. The Morgan fingerprint density at radius 2 is 1.82 bits per heavy atom. The fourth-order valence-electron chi connectivity index (χ4n) is 6.49. The van der Waals surface area contributed by atoms with Gasteiger partial charge in [-0.25, -0.2) is 4.79 Å². The summed E-state index contributed by atoms with van der Waals surface area (Å²) in [6.45, 7) is 2.75. The van der Waals surface area contributed by atoms with E-state index in [9.17, 15) is 9.90 Å². The van der Waals surface area contributed by atoms with Crippen molar-refractivity contribution < 1.29 is 14.4 Å². The van der Waals surface area contributed by atoms with Gasteiger partial charge in [0.2, 0.25) is 0 Å². The molecule has 2 atom stereocenters. The van der Waals surface area contributed by atoms with E-state index in [1.807, 2.05) is 35.0 Å². The lowest BCUT2D eigenvalue weighted by molar-refractivity contribution is 0.0691. The quantitative estimate of drug-likeness (QED) is 0.236. The highest BCUT2D eigenvalue weighted by atomic mass is 35.5. The van der Waals surface area contributed by atoms with Gasteiger partial charge in [0.05, 0.1) is 15.6 Å². The number of carboxylic acids is 1. The van der Waals surface area contributed by atoms with E-state index in [0.29, 0.717) is 39.6 Å². The number of anilines is 1. The first kappa shape index (κ1) is 24.5. The molecular formula is C31H28Cl2N4O3. The summed E-state index contributed by atoms with van der Waals surface area (Å²) in [7, 11) is 0. The zero-order chi connectivity index (χ0) is 27.1. The van der Waals surface area contributed by atoms with Gasteiger partial charge in [-0.15, -0.1) is 0 Å². The molecule has 3 aliphatic carbocycles. The van der Waals surface area contributed by atoms with Gasteiger partial charge in [-0.05, 0) is 79.7 Å². The zero-order valence-electron chi connectivity index (χ0n) is 21.8. The molecule has 9 heteroatoms. The van der Waals surface area contributed by atoms with Crippen molar-refractivity contribution in [3.63, 3.8) is 0 Å². The maximum absolute atomic E-state index is 11.8. The number of rotatable bonds is 8. The van der Waals surface area contributed by atoms with Crippen molar-refractivity contribution in [3.8, 4) is 11.3 Å². The first-order valence-corrected chi connectivity index (χ1v) is 14.8. The van der Waals surface area contributed by atoms with Crippen LogP contribution >= 0.6 is 23.2 Å². The van der Waals surface area contributed by atoms with Crippen molar-refractivity contribution in [2.45, 2.75) is 38.1 Å². The summed E-state index contributed by atoms with van der Waals surface area (Å²) < 4.78 is 7.73. The number of nitrogens with zero attached hydrogens (tertiary/aromatic N) is 4. The number of fused-ring (bicyclic) bond motifs is 2. The highest BCUT2D eigenvalue weighted by Gasteiger charge is 2.54. The number of piperidine rings is 1. The van der Waals surface area contributed by atoms with Crippen LogP contribution in [0.15, 0.2) is 47.0 Å². The lowest BCUT2D eigenvalue weighted by atomic mass is 10.0. The Bertz CT molecular complexity index is 1670. The van der Waals surface area contributed by atoms with Gasteiger partial charge in [-0.3, -0.25) is 4.68 Å². The van der Waals surface area contributed by atoms with Crippen LogP contribution in [0.2, 0.25) is 10.0 Å². The van der Waals surface area contributed by atoms with E-state index in [1.54, 1.807) is 0 Å². The topological polar surface area (TPSA) is 84.4 Å². The second kappa shape index (κ2) is 9.11. The molecule has 40 heavy (non-hydrogen) atoms. The fourth-order valence-corrected chi connectivity index (χ4v) is 7.07. The van der Waals surface area contributed by atoms with Gasteiger partial charge >= 0.3 is 5.97 Å². The van der Waals surface area contributed by atoms with Crippen LogP contribution in [-0.2, 0) is 6.54 Å². The molecule has 8 rings (SSSR count). The molecule has 7 nitrogen and oxygen atoms in total. The molecule has 4 aliphatic rings. The maximum atomic E-state index is 11.8.